The third kappa shape index (κ3) is 6.21. The fourth-order valence-electron chi connectivity index (χ4n) is 4.11. The maximum atomic E-state index is 12.9. The first-order valence-corrected chi connectivity index (χ1v) is 11.3. The number of aliphatic hydroxyl groups excluding tert-OH is 1. The smallest absolute Gasteiger partial charge is 0.227 e. The number of benzene rings is 2. The number of anilines is 1. The van der Waals surface area contributed by atoms with Crippen molar-refractivity contribution in [1.82, 2.24) is 4.90 Å². The SMILES string of the molecule is COc1ccc(/C=C/c2cc(OC)c(OC)c(OC)c2)cc1NC(=O)C1CCN(CCO)CC1. The summed E-state index contributed by atoms with van der Waals surface area (Å²) in [5.74, 6) is 2.24. The molecule has 1 amide bonds. The molecule has 0 bridgehead atoms. The first-order valence-electron chi connectivity index (χ1n) is 11.3. The molecule has 0 atom stereocenters. The Kier molecular flexibility index (Phi) is 9.18. The monoisotopic (exact) mass is 470 g/mol. The van der Waals surface area contributed by atoms with Crippen LogP contribution in [0, 0.1) is 5.92 Å². The predicted molar refractivity (Wildman–Crippen MR) is 133 cm³/mol. The molecule has 1 saturated heterocycles. The van der Waals surface area contributed by atoms with Crippen LogP contribution in [0.4, 0.5) is 5.69 Å². The number of ether oxygens (including phenoxy) is 4. The number of likely N-dealkylation sites (tertiary alicyclic amines) is 1. The van der Waals surface area contributed by atoms with Gasteiger partial charge >= 0.3 is 0 Å². The molecule has 34 heavy (non-hydrogen) atoms. The molecular weight excluding hydrogens is 436 g/mol. The van der Waals surface area contributed by atoms with Crippen LogP contribution in [-0.2, 0) is 4.79 Å². The molecule has 2 aromatic carbocycles. The molecule has 1 fully saturated rings. The highest BCUT2D eigenvalue weighted by molar-refractivity contribution is 5.94. The van der Waals surface area contributed by atoms with E-state index >= 15 is 0 Å². The zero-order chi connectivity index (χ0) is 24.5. The lowest BCUT2D eigenvalue weighted by molar-refractivity contribution is -0.121. The molecule has 0 unspecified atom stereocenters. The van der Waals surface area contributed by atoms with Crippen LogP contribution in [0.15, 0.2) is 30.3 Å². The average molecular weight is 471 g/mol. The highest BCUT2D eigenvalue weighted by atomic mass is 16.5. The topological polar surface area (TPSA) is 89.5 Å². The first kappa shape index (κ1) is 25.4. The van der Waals surface area contributed by atoms with Gasteiger partial charge in [0.05, 0.1) is 40.7 Å². The maximum absolute atomic E-state index is 12.9. The molecular formula is C26H34N2O6. The van der Waals surface area contributed by atoms with Crippen molar-refractivity contribution in [3.63, 3.8) is 0 Å². The summed E-state index contributed by atoms with van der Waals surface area (Å²) in [5, 5.41) is 12.2. The summed E-state index contributed by atoms with van der Waals surface area (Å²) in [5.41, 5.74) is 2.42. The van der Waals surface area contributed by atoms with Crippen LogP contribution in [0.5, 0.6) is 23.0 Å². The zero-order valence-corrected chi connectivity index (χ0v) is 20.3. The van der Waals surface area contributed by atoms with E-state index in [0.717, 1.165) is 37.1 Å². The van der Waals surface area contributed by atoms with Gasteiger partial charge in [-0.3, -0.25) is 4.79 Å². The molecule has 0 spiro atoms. The number of rotatable bonds is 10. The third-order valence-electron chi connectivity index (χ3n) is 6.01. The highest BCUT2D eigenvalue weighted by Crippen LogP contribution is 2.38. The summed E-state index contributed by atoms with van der Waals surface area (Å²) in [6.45, 7) is 2.42. The molecule has 8 heteroatoms. The zero-order valence-electron chi connectivity index (χ0n) is 20.3. The number of hydrogen-bond acceptors (Lipinski definition) is 7. The van der Waals surface area contributed by atoms with E-state index in [0.29, 0.717) is 35.2 Å². The largest absolute Gasteiger partial charge is 0.495 e. The number of nitrogens with one attached hydrogen (secondary N) is 1. The van der Waals surface area contributed by atoms with Gasteiger partial charge in [0.25, 0.3) is 0 Å². The fourth-order valence-corrected chi connectivity index (χ4v) is 4.11. The van der Waals surface area contributed by atoms with Gasteiger partial charge in [0.2, 0.25) is 11.7 Å². The van der Waals surface area contributed by atoms with E-state index < -0.39 is 0 Å². The van der Waals surface area contributed by atoms with E-state index in [1.165, 1.54) is 0 Å². The maximum Gasteiger partial charge on any atom is 0.227 e. The number of aliphatic hydroxyl groups is 1. The van der Waals surface area contributed by atoms with Crippen LogP contribution >= 0.6 is 0 Å². The van der Waals surface area contributed by atoms with Crippen molar-refractivity contribution in [2.24, 2.45) is 5.92 Å². The van der Waals surface area contributed by atoms with E-state index in [-0.39, 0.29) is 18.4 Å². The van der Waals surface area contributed by atoms with Crippen molar-refractivity contribution in [2.75, 3.05) is 60.0 Å². The van der Waals surface area contributed by atoms with Crippen molar-refractivity contribution in [3.05, 3.63) is 41.5 Å². The normalized spacial score (nSPS) is 14.7. The minimum atomic E-state index is -0.0573. The summed E-state index contributed by atoms with van der Waals surface area (Å²) in [6.07, 6.45) is 5.43. The molecule has 0 aromatic heterocycles. The van der Waals surface area contributed by atoms with E-state index in [9.17, 15) is 4.79 Å². The van der Waals surface area contributed by atoms with Crippen LogP contribution in [-0.4, -0.2) is 70.6 Å². The molecule has 0 radical (unpaired) electrons. The number of piperidine rings is 1. The number of carbonyl (C=O) groups excluding carboxylic acids is 1. The second-order valence-corrected chi connectivity index (χ2v) is 8.08. The van der Waals surface area contributed by atoms with Crippen molar-refractivity contribution < 1.29 is 28.8 Å². The van der Waals surface area contributed by atoms with Crippen molar-refractivity contribution in [2.45, 2.75) is 12.8 Å². The van der Waals surface area contributed by atoms with Crippen LogP contribution in [0.3, 0.4) is 0 Å². The summed E-state index contributed by atoms with van der Waals surface area (Å²) >= 11 is 0. The van der Waals surface area contributed by atoms with Crippen molar-refractivity contribution >= 4 is 23.7 Å². The summed E-state index contributed by atoms with van der Waals surface area (Å²) in [4.78, 5) is 15.1. The van der Waals surface area contributed by atoms with Gasteiger partial charge in [0.15, 0.2) is 11.5 Å². The van der Waals surface area contributed by atoms with Crippen LogP contribution in [0.25, 0.3) is 12.2 Å². The number of amides is 1. The van der Waals surface area contributed by atoms with E-state index in [1.807, 2.05) is 42.5 Å². The van der Waals surface area contributed by atoms with Crippen LogP contribution < -0.4 is 24.3 Å². The fraction of sp³-hybridized carbons (Fsp3) is 0.423. The summed E-state index contributed by atoms with van der Waals surface area (Å²) in [6, 6.07) is 9.40. The Labute approximate surface area is 201 Å². The molecule has 184 valence electrons. The Balaban J connectivity index is 1.75. The standard InChI is InChI=1S/C26H34N2O6/c1-31-22-8-7-18(5-6-19-16-23(32-2)25(34-4)24(17-19)33-3)15-21(22)27-26(30)20-9-11-28(12-10-20)13-14-29/h5-8,15-17,20,29H,9-14H2,1-4H3,(H,27,30)/b6-5+. The average Bonchev–Trinajstić information content (AvgIpc) is 2.87. The summed E-state index contributed by atoms with van der Waals surface area (Å²) < 4.78 is 21.7. The third-order valence-corrected chi connectivity index (χ3v) is 6.01. The number of β-amino-alcohol motifs (C(OH)–C–C–N with tert-alkyl or cyclic N) is 1. The van der Waals surface area contributed by atoms with Crippen LogP contribution in [0.1, 0.15) is 24.0 Å². The van der Waals surface area contributed by atoms with Crippen LogP contribution in [0.2, 0.25) is 0 Å². The first-order chi connectivity index (χ1) is 16.5. The van der Waals surface area contributed by atoms with Gasteiger partial charge in [0.1, 0.15) is 5.75 Å². The molecule has 2 aromatic rings. The predicted octanol–water partition coefficient (Wildman–Crippen LogP) is 3.53. The molecule has 0 aliphatic carbocycles. The molecule has 1 heterocycles. The number of nitrogens with zero attached hydrogens (tertiary/aromatic N) is 1. The molecule has 0 saturated carbocycles. The van der Waals surface area contributed by atoms with Gasteiger partial charge in [-0.25, -0.2) is 0 Å². The lowest BCUT2D eigenvalue weighted by Crippen LogP contribution is -2.39. The minimum Gasteiger partial charge on any atom is -0.495 e. The Hall–Kier alpha value is -3.23. The van der Waals surface area contributed by atoms with Crippen molar-refractivity contribution in [3.8, 4) is 23.0 Å². The summed E-state index contributed by atoms with van der Waals surface area (Å²) in [7, 11) is 6.32. The van der Waals surface area contributed by atoms with E-state index in [2.05, 4.69) is 10.2 Å². The number of carbonyl (C=O) groups is 1. The van der Waals surface area contributed by atoms with Gasteiger partial charge in [-0.05, 0) is 61.3 Å². The molecule has 2 N–H and O–H groups in total. The Morgan fingerprint density at radius 1 is 0.941 bits per heavy atom. The second kappa shape index (κ2) is 12.3. The number of methoxy groups -OCH3 is 4. The Morgan fingerprint density at radius 2 is 1.56 bits per heavy atom. The molecule has 8 nitrogen and oxygen atoms in total. The number of hydrogen-bond donors (Lipinski definition) is 2. The van der Waals surface area contributed by atoms with Gasteiger partial charge in [-0.15, -0.1) is 0 Å². The molecule has 1 aliphatic heterocycles. The highest BCUT2D eigenvalue weighted by Gasteiger charge is 2.25. The quantitative estimate of drug-likeness (QED) is 0.514. The van der Waals surface area contributed by atoms with E-state index in [4.69, 9.17) is 24.1 Å². The van der Waals surface area contributed by atoms with Crippen molar-refractivity contribution in [1.29, 1.82) is 0 Å². The van der Waals surface area contributed by atoms with Gasteiger partial charge in [0, 0.05) is 12.5 Å². The molecule has 1 aliphatic rings. The van der Waals surface area contributed by atoms with Gasteiger partial charge in [-0.1, -0.05) is 18.2 Å². The van der Waals surface area contributed by atoms with E-state index in [1.54, 1.807) is 28.4 Å². The lowest BCUT2D eigenvalue weighted by Gasteiger charge is -2.30. The second-order valence-electron chi connectivity index (χ2n) is 8.08. The lowest BCUT2D eigenvalue weighted by atomic mass is 9.95. The minimum absolute atomic E-state index is 0.00675. The molecule has 3 rings (SSSR count). The Bertz CT molecular complexity index is 974. The Morgan fingerprint density at radius 3 is 2.12 bits per heavy atom. The van der Waals surface area contributed by atoms with Gasteiger partial charge in [-0.2, -0.15) is 0 Å². The van der Waals surface area contributed by atoms with Gasteiger partial charge < -0.3 is 34.3 Å².